The molecule has 7 heteroatoms. The Bertz CT molecular complexity index is 998. The summed E-state index contributed by atoms with van der Waals surface area (Å²) in [6, 6.07) is 15.5. The van der Waals surface area contributed by atoms with E-state index in [9.17, 15) is 4.79 Å². The molecule has 2 heterocycles. The Morgan fingerprint density at radius 2 is 1.90 bits per heavy atom. The zero-order valence-electron chi connectivity index (χ0n) is 16.9. The lowest BCUT2D eigenvalue weighted by molar-refractivity contribution is -0.135. The van der Waals surface area contributed by atoms with Gasteiger partial charge in [-0.05, 0) is 36.8 Å². The Morgan fingerprint density at radius 3 is 2.63 bits per heavy atom. The molecule has 5 nitrogen and oxygen atoms in total. The quantitative estimate of drug-likeness (QED) is 0.565. The number of aryl methyl sites for hydroxylation is 1. The highest BCUT2D eigenvalue weighted by Crippen LogP contribution is 2.24. The van der Waals surface area contributed by atoms with Crippen LogP contribution in [0.2, 0.25) is 5.02 Å². The summed E-state index contributed by atoms with van der Waals surface area (Å²) in [5, 5.41) is 3.90. The van der Waals surface area contributed by atoms with Crippen molar-refractivity contribution >= 4 is 28.8 Å². The Balaban J connectivity index is 1.24. The van der Waals surface area contributed by atoms with Crippen LogP contribution in [0.5, 0.6) is 5.75 Å². The first-order valence-electron chi connectivity index (χ1n) is 9.97. The predicted molar refractivity (Wildman–Crippen MR) is 121 cm³/mol. The van der Waals surface area contributed by atoms with Gasteiger partial charge in [-0.3, -0.25) is 9.69 Å². The van der Waals surface area contributed by atoms with Crippen molar-refractivity contribution in [2.24, 2.45) is 0 Å². The first-order chi connectivity index (χ1) is 14.6. The summed E-state index contributed by atoms with van der Waals surface area (Å²) in [5.41, 5.74) is 3.18. The molecule has 0 spiro atoms. The zero-order chi connectivity index (χ0) is 20.9. The van der Waals surface area contributed by atoms with Crippen LogP contribution in [0.15, 0.2) is 53.9 Å². The highest BCUT2D eigenvalue weighted by molar-refractivity contribution is 7.09. The van der Waals surface area contributed by atoms with Crippen molar-refractivity contribution in [3.05, 3.63) is 69.5 Å². The molecule has 30 heavy (non-hydrogen) atoms. The van der Waals surface area contributed by atoms with Crippen molar-refractivity contribution in [2.75, 3.05) is 32.8 Å². The Morgan fingerprint density at radius 1 is 1.13 bits per heavy atom. The molecule has 1 saturated heterocycles. The molecular weight excluding hydrogens is 418 g/mol. The number of thiazole rings is 1. The van der Waals surface area contributed by atoms with Gasteiger partial charge in [0.15, 0.2) is 6.61 Å². The van der Waals surface area contributed by atoms with Crippen LogP contribution in [0.25, 0.3) is 11.3 Å². The Kier molecular flexibility index (Phi) is 6.67. The monoisotopic (exact) mass is 441 g/mol. The van der Waals surface area contributed by atoms with E-state index < -0.39 is 0 Å². The molecule has 3 aromatic rings. The lowest BCUT2D eigenvalue weighted by Gasteiger charge is -2.34. The van der Waals surface area contributed by atoms with E-state index in [0.29, 0.717) is 13.1 Å². The van der Waals surface area contributed by atoms with Gasteiger partial charge >= 0.3 is 0 Å². The molecule has 0 atom stereocenters. The number of benzene rings is 2. The summed E-state index contributed by atoms with van der Waals surface area (Å²) < 4.78 is 5.66. The number of rotatable bonds is 6. The molecule has 1 fully saturated rings. The van der Waals surface area contributed by atoms with Gasteiger partial charge in [-0.15, -0.1) is 11.3 Å². The minimum atomic E-state index is 0.0374. The van der Waals surface area contributed by atoms with Gasteiger partial charge in [-0.2, -0.15) is 0 Å². The fraction of sp³-hybridized carbons (Fsp3) is 0.304. The smallest absolute Gasteiger partial charge is 0.260 e. The third kappa shape index (κ3) is 5.39. The average molecular weight is 442 g/mol. The van der Waals surface area contributed by atoms with Gasteiger partial charge in [-0.25, -0.2) is 4.98 Å². The molecule has 1 aromatic heterocycles. The van der Waals surface area contributed by atoms with Gasteiger partial charge in [0.05, 0.1) is 12.2 Å². The number of ether oxygens (including phenoxy) is 1. The van der Waals surface area contributed by atoms with Crippen LogP contribution in [-0.4, -0.2) is 53.5 Å². The Labute approximate surface area is 185 Å². The van der Waals surface area contributed by atoms with E-state index in [0.717, 1.165) is 52.2 Å². The summed E-state index contributed by atoms with van der Waals surface area (Å²) in [6.07, 6.45) is 0. The van der Waals surface area contributed by atoms with E-state index in [2.05, 4.69) is 10.3 Å². The van der Waals surface area contributed by atoms with Crippen molar-refractivity contribution in [1.82, 2.24) is 14.8 Å². The fourth-order valence-electron chi connectivity index (χ4n) is 3.42. The van der Waals surface area contributed by atoms with Gasteiger partial charge < -0.3 is 9.64 Å². The van der Waals surface area contributed by atoms with Gasteiger partial charge in [0, 0.05) is 42.1 Å². The van der Waals surface area contributed by atoms with Crippen LogP contribution in [0, 0.1) is 6.92 Å². The van der Waals surface area contributed by atoms with Gasteiger partial charge in [0.1, 0.15) is 10.8 Å². The standard InChI is InChI=1S/C23H24ClN3O2S/c1-17-3-2-4-20(13-17)29-15-23(28)27-11-9-26(10-12-27)14-22-25-21(16-30-22)18-5-7-19(24)8-6-18/h2-8,13,16H,9-12,14-15H2,1H3. The molecule has 0 aliphatic carbocycles. The van der Waals surface area contributed by atoms with Crippen LogP contribution in [0.1, 0.15) is 10.6 Å². The summed E-state index contributed by atoms with van der Waals surface area (Å²) in [6.45, 7) is 6.00. The maximum Gasteiger partial charge on any atom is 0.260 e. The second-order valence-corrected chi connectivity index (χ2v) is 8.77. The van der Waals surface area contributed by atoms with Crippen molar-refractivity contribution in [3.63, 3.8) is 0 Å². The second kappa shape index (κ2) is 9.60. The molecule has 4 rings (SSSR count). The minimum Gasteiger partial charge on any atom is -0.484 e. The maximum atomic E-state index is 12.5. The third-order valence-electron chi connectivity index (χ3n) is 5.13. The van der Waals surface area contributed by atoms with Crippen molar-refractivity contribution in [2.45, 2.75) is 13.5 Å². The summed E-state index contributed by atoms with van der Waals surface area (Å²) in [4.78, 5) is 21.5. The van der Waals surface area contributed by atoms with E-state index >= 15 is 0 Å². The molecular formula is C23H24ClN3O2S. The molecule has 0 bridgehead atoms. The molecule has 0 unspecified atom stereocenters. The van der Waals surface area contributed by atoms with E-state index in [-0.39, 0.29) is 12.5 Å². The molecule has 156 valence electrons. The van der Waals surface area contributed by atoms with E-state index in [1.165, 1.54) is 0 Å². The third-order valence-corrected chi connectivity index (χ3v) is 6.21. The van der Waals surface area contributed by atoms with Crippen LogP contribution in [0.4, 0.5) is 0 Å². The van der Waals surface area contributed by atoms with Gasteiger partial charge in [0.2, 0.25) is 0 Å². The molecule has 1 aliphatic rings. The number of carbonyl (C=O) groups excluding carboxylic acids is 1. The number of halogens is 1. The van der Waals surface area contributed by atoms with E-state index in [4.69, 9.17) is 21.3 Å². The van der Waals surface area contributed by atoms with Crippen LogP contribution < -0.4 is 4.74 Å². The number of piperazine rings is 1. The average Bonchev–Trinajstić information content (AvgIpc) is 3.21. The van der Waals surface area contributed by atoms with Crippen LogP contribution in [0.3, 0.4) is 0 Å². The second-order valence-electron chi connectivity index (χ2n) is 7.40. The molecule has 0 radical (unpaired) electrons. The molecule has 0 N–H and O–H groups in total. The van der Waals surface area contributed by atoms with Crippen molar-refractivity contribution in [3.8, 4) is 17.0 Å². The maximum absolute atomic E-state index is 12.5. The highest BCUT2D eigenvalue weighted by atomic mass is 35.5. The van der Waals surface area contributed by atoms with Gasteiger partial charge in [-0.1, -0.05) is 35.9 Å². The molecule has 1 aliphatic heterocycles. The van der Waals surface area contributed by atoms with E-state index in [1.807, 2.05) is 60.4 Å². The lowest BCUT2D eigenvalue weighted by atomic mass is 10.2. The predicted octanol–water partition coefficient (Wildman–Crippen LogP) is 4.50. The van der Waals surface area contributed by atoms with Gasteiger partial charge in [0.25, 0.3) is 5.91 Å². The lowest BCUT2D eigenvalue weighted by Crippen LogP contribution is -2.49. The normalized spacial score (nSPS) is 14.7. The number of aromatic nitrogens is 1. The number of hydrogen-bond acceptors (Lipinski definition) is 5. The topological polar surface area (TPSA) is 45.7 Å². The first kappa shape index (κ1) is 20.8. The Hall–Kier alpha value is -2.41. The largest absolute Gasteiger partial charge is 0.484 e. The number of amides is 1. The molecule has 0 saturated carbocycles. The first-order valence-corrected chi connectivity index (χ1v) is 11.2. The highest BCUT2D eigenvalue weighted by Gasteiger charge is 2.22. The number of hydrogen-bond donors (Lipinski definition) is 0. The SMILES string of the molecule is Cc1cccc(OCC(=O)N2CCN(Cc3nc(-c4ccc(Cl)cc4)cs3)CC2)c1. The molecule has 2 aromatic carbocycles. The van der Waals surface area contributed by atoms with E-state index in [1.54, 1.807) is 11.3 Å². The summed E-state index contributed by atoms with van der Waals surface area (Å²) >= 11 is 7.63. The minimum absolute atomic E-state index is 0.0374. The number of nitrogens with zero attached hydrogens (tertiary/aromatic N) is 3. The summed E-state index contributed by atoms with van der Waals surface area (Å²) in [5.74, 6) is 0.776. The summed E-state index contributed by atoms with van der Waals surface area (Å²) in [7, 11) is 0. The van der Waals surface area contributed by atoms with Crippen molar-refractivity contribution in [1.29, 1.82) is 0 Å². The van der Waals surface area contributed by atoms with Crippen LogP contribution >= 0.6 is 22.9 Å². The molecule has 1 amide bonds. The van der Waals surface area contributed by atoms with Crippen LogP contribution in [-0.2, 0) is 11.3 Å². The van der Waals surface area contributed by atoms with Crippen molar-refractivity contribution < 1.29 is 9.53 Å². The fourth-order valence-corrected chi connectivity index (χ4v) is 4.40. The number of carbonyl (C=O) groups is 1. The zero-order valence-corrected chi connectivity index (χ0v) is 18.5.